The molecular formula is C13H25N3O. The Hall–Kier alpha value is -0.610. The number of nitrogens with two attached hydrogens (primary N) is 1. The molecule has 98 valence electrons. The van der Waals surface area contributed by atoms with Gasteiger partial charge >= 0.3 is 0 Å². The number of rotatable bonds is 4. The Balaban J connectivity index is 1.84. The molecule has 0 saturated carbocycles. The maximum absolute atomic E-state index is 11.3. The molecule has 2 heterocycles. The van der Waals surface area contributed by atoms with E-state index in [4.69, 9.17) is 5.73 Å². The summed E-state index contributed by atoms with van der Waals surface area (Å²) in [5.74, 6) is -0.221. The van der Waals surface area contributed by atoms with Crippen LogP contribution in [0, 0.1) is 5.41 Å². The first-order valence-corrected chi connectivity index (χ1v) is 6.65. The highest BCUT2D eigenvalue weighted by molar-refractivity contribution is 5.80. The molecule has 1 amide bonds. The summed E-state index contributed by atoms with van der Waals surface area (Å²) in [5, 5.41) is 3.54. The average Bonchev–Trinajstić information content (AvgIpc) is 2.51. The Bertz CT molecular complexity index is 289. The normalized spacial score (nSPS) is 33.9. The van der Waals surface area contributed by atoms with Crippen molar-refractivity contribution in [2.45, 2.75) is 57.7 Å². The van der Waals surface area contributed by atoms with Crippen LogP contribution in [0.15, 0.2) is 0 Å². The molecule has 2 aliphatic heterocycles. The fourth-order valence-corrected chi connectivity index (χ4v) is 3.06. The highest BCUT2D eigenvalue weighted by Crippen LogP contribution is 2.34. The third kappa shape index (κ3) is 2.63. The molecule has 0 spiro atoms. The third-order valence-electron chi connectivity index (χ3n) is 4.60. The van der Waals surface area contributed by atoms with Crippen LogP contribution in [0.3, 0.4) is 0 Å². The van der Waals surface area contributed by atoms with E-state index in [1.165, 1.54) is 25.7 Å². The molecule has 2 unspecified atom stereocenters. The van der Waals surface area contributed by atoms with Crippen molar-refractivity contribution in [3.63, 3.8) is 0 Å². The second-order valence-corrected chi connectivity index (χ2v) is 6.35. The Morgan fingerprint density at radius 3 is 2.35 bits per heavy atom. The van der Waals surface area contributed by atoms with E-state index in [0.29, 0.717) is 12.6 Å². The number of piperidine rings is 1. The molecule has 0 radical (unpaired) electrons. The first-order chi connectivity index (χ1) is 7.90. The summed E-state index contributed by atoms with van der Waals surface area (Å²) in [6.45, 7) is 4.51. The molecule has 0 aliphatic carbocycles. The van der Waals surface area contributed by atoms with Crippen molar-refractivity contribution < 1.29 is 4.79 Å². The van der Waals surface area contributed by atoms with E-state index in [1.807, 2.05) is 13.8 Å². The van der Waals surface area contributed by atoms with Crippen LogP contribution in [0.1, 0.15) is 39.5 Å². The van der Waals surface area contributed by atoms with E-state index in [-0.39, 0.29) is 5.91 Å². The van der Waals surface area contributed by atoms with Gasteiger partial charge in [-0.25, -0.2) is 0 Å². The van der Waals surface area contributed by atoms with Crippen molar-refractivity contribution in [3.05, 3.63) is 0 Å². The zero-order valence-corrected chi connectivity index (χ0v) is 11.2. The summed E-state index contributed by atoms with van der Waals surface area (Å²) in [6.07, 6.45) is 5.08. The van der Waals surface area contributed by atoms with Gasteiger partial charge in [-0.15, -0.1) is 0 Å². The second kappa shape index (κ2) is 4.58. The van der Waals surface area contributed by atoms with Crippen LogP contribution in [0.25, 0.3) is 0 Å². The van der Waals surface area contributed by atoms with Crippen molar-refractivity contribution >= 4 is 5.91 Å². The molecule has 2 rings (SSSR count). The minimum atomic E-state index is -0.442. The predicted molar refractivity (Wildman–Crippen MR) is 68.6 cm³/mol. The quantitative estimate of drug-likeness (QED) is 0.760. The van der Waals surface area contributed by atoms with Gasteiger partial charge in [0.05, 0.1) is 5.41 Å². The van der Waals surface area contributed by atoms with Crippen LogP contribution in [-0.4, -0.2) is 42.5 Å². The van der Waals surface area contributed by atoms with Gasteiger partial charge in [0.1, 0.15) is 0 Å². The summed E-state index contributed by atoms with van der Waals surface area (Å²) >= 11 is 0. The summed E-state index contributed by atoms with van der Waals surface area (Å²) < 4.78 is 0. The van der Waals surface area contributed by atoms with E-state index in [0.717, 1.165) is 12.1 Å². The van der Waals surface area contributed by atoms with Crippen LogP contribution in [0.4, 0.5) is 0 Å². The Morgan fingerprint density at radius 2 is 1.88 bits per heavy atom. The molecule has 2 bridgehead atoms. The SMILES string of the molecule is CN1C2CCC1CC(NCC(C)(C)C(N)=O)C2. The van der Waals surface area contributed by atoms with Gasteiger partial charge in [-0.3, -0.25) is 4.79 Å². The topological polar surface area (TPSA) is 58.4 Å². The number of amides is 1. The molecule has 2 saturated heterocycles. The molecule has 3 N–H and O–H groups in total. The van der Waals surface area contributed by atoms with E-state index >= 15 is 0 Å². The number of nitrogens with one attached hydrogen (secondary N) is 1. The van der Waals surface area contributed by atoms with E-state index in [9.17, 15) is 4.79 Å². The van der Waals surface area contributed by atoms with Crippen LogP contribution in [0.2, 0.25) is 0 Å². The maximum atomic E-state index is 11.3. The van der Waals surface area contributed by atoms with Gasteiger partial charge in [0.15, 0.2) is 0 Å². The van der Waals surface area contributed by atoms with Gasteiger partial charge in [0.2, 0.25) is 5.91 Å². The molecule has 2 atom stereocenters. The van der Waals surface area contributed by atoms with Crippen molar-refractivity contribution in [1.29, 1.82) is 0 Å². The molecule has 2 aliphatic rings. The lowest BCUT2D eigenvalue weighted by atomic mass is 9.91. The van der Waals surface area contributed by atoms with Crippen molar-refractivity contribution in [1.82, 2.24) is 10.2 Å². The van der Waals surface area contributed by atoms with Gasteiger partial charge in [0, 0.05) is 24.7 Å². The summed E-state index contributed by atoms with van der Waals surface area (Å²) in [7, 11) is 2.24. The van der Waals surface area contributed by atoms with E-state index in [1.54, 1.807) is 0 Å². The number of nitrogens with zero attached hydrogens (tertiary/aromatic N) is 1. The number of hydrogen-bond acceptors (Lipinski definition) is 3. The van der Waals surface area contributed by atoms with Crippen molar-refractivity contribution in [2.75, 3.05) is 13.6 Å². The highest BCUT2D eigenvalue weighted by Gasteiger charge is 2.38. The van der Waals surface area contributed by atoms with Gasteiger partial charge in [0.25, 0.3) is 0 Å². The minimum absolute atomic E-state index is 0.221. The lowest BCUT2D eigenvalue weighted by Gasteiger charge is -2.37. The summed E-state index contributed by atoms with van der Waals surface area (Å²) in [5.41, 5.74) is 4.95. The molecule has 17 heavy (non-hydrogen) atoms. The number of carbonyl (C=O) groups excluding carboxylic acids is 1. The van der Waals surface area contributed by atoms with Crippen LogP contribution in [0.5, 0.6) is 0 Å². The largest absolute Gasteiger partial charge is 0.369 e. The van der Waals surface area contributed by atoms with Crippen LogP contribution >= 0.6 is 0 Å². The number of primary amides is 1. The Labute approximate surface area is 104 Å². The average molecular weight is 239 g/mol. The Kier molecular flexibility index (Phi) is 3.46. The molecule has 4 nitrogen and oxygen atoms in total. The second-order valence-electron chi connectivity index (χ2n) is 6.35. The smallest absolute Gasteiger partial charge is 0.224 e. The Morgan fingerprint density at radius 1 is 1.35 bits per heavy atom. The molecule has 0 aromatic heterocycles. The lowest BCUT2D eigenvalue weighted by molar-refractivity contribution is -0.125. The lowest BCUT2D eigenvalue weighted by Crippen LogP contribution is -2.50. The fraction of sp³-hybridized carbons (Fsp3) is 0.923. The first-order valence-electron chi connectivity index (χ1n) is 6.65. The molecule has 0 aromatic rings. The predicted octanol–water partition coefficient (Wildman–Crippen LogP) is 0.713. The molecule has 0 aromatic carbocycles. The van der Waals surface area contributed by atoms with E-state index < -0.39 is 5.41 Å². The standard InChI is InChI=1S/C13H25N3O/c1-13(2,12(14)17)8-15-9-6-10-4-5-11(7-9)16(10)3/h9-11,15H,4-8H2,1-3H3,(H2,14,17). The molecule has 4 heteroatoms. The third-order valence-corrected chi connectivity index (χ3v) is 4.60. The maximum Gasteiger partial charge on any atom is 0.224 e. The highest BCUT2D eigenvalue weighted by atomic mass is 16.1. The zero-order valence-electron chi connectivity index (χ0n) is 11.2. The summed E-state index contributed by atoms with van der Waals surface area (Å²) in [6, 6.07) is 2.04. The van der Waals surface area contributed by atoms with Crippen LogP contribution < -0.4 is 11.1 Å². The van der Waals surface area contributed by atoms with Crippen LogP contribution in [-0.2, 0) is 4.79 Å². The van der Waals surface area contributed by atoms with Gasteiger partial charge in [-0.05, 0) is 46.6 Å². The van der Waals surface area contributed by atoms with Crippen molar-refractivity contribution in [2.24, 2.45) is 11.1 Å². The van der Waals surface area contributed by atoms with Gasteiger partial charge in [-0.1, -0.05) is 0 Å². The molecule has 2 fully saturated rings. The number of fused-ring (bicyclic) bond motifs is 2. The summed E-state index contributed by atoms with van der Waals surface area (Å²) in [4.78, 5) is 13.8. The monoisotopic (exact) mass is 239 g/mol. The first kappa shape index (κ1) is 12.8. The van der Waals surface area contributed by atoms with Crippen molar-refractivity contribution in [3.8, 4) is 0 Å². The molecular weight excluding hydrogens is 214 g/mol. The number of hydrogen-bond donors (Lipinski definition) is 2. The fourth-order valence-electron chi connectivity index (χ4n) is 3.06. The van der Waals surface area contributed by atoms with Gasteiger partial charge in [-0.2, -0.15) is 0 Å². The number of carbonyl (C=O) groups is 1. The zero-order chi connectivity index (χ0) is 12.6. The minimum Gasteiger partial charge on any atom is -0.369 e. The van der Waals surface area contributed by atoms with Gasteiger partial charge < -0.3 is 16.0 Å². The van der Waals surface area contributed by atoms with E-state index in [2.05, 4.69) is 17.3 Å².